The van der Waals surface area contributed by atoms with Crippen molar-refractivity contribution in [3.8, 4) is 0 Å². The number of hydrogen-bond donors (Lipinski definition) is 1. The summed E-state index contributed by atoms with van der Waals surface area (Å²) in [4.78, 5) is 11.2. The molecule has 0 spiro atoms. The van der Waals surface area contributed by atoms with Crippen LogP contribution >= 0.6 is 0 Å². The van der Waals surface area contributed by atoms with E-state index >= 15 is 0 Å². The number of hydrogen-bond acceptors (Lipinski definition) is 5. The van der Waals surface area contributed by atoms with Gasteiger partial charge in [-0.1, -0.05) is 6.92 Å². The van der Waals surface area contributed by atoms with Gasteiger partial charge in [-0.15, -0.1) is 0 Å². The van der Waals surface area contributed by atoms with E-state index in [4.69, 9.17) is 4.74 Å². The highest BCUT2D eigenvalue weighted by Crippen LogP contribution is 2.29. The van der Waals surface area contributed by atoms with E-state index in [1.807, 2.05) is 12.4 Å². The zero-order valence-corrected chi connectivity index (χ0v) is 13.2. The molecule has 1 aliphatic heterocycles. The van der Waals surface area contributed by atoms with Gasteiger partial charge in [0.25, 0.3) is 0 Å². The Balaban J connectivity index is 2.10. The van der Waals surface area contributed by atoms with Crippen LogP contribution in [0.2, 0.25) is 0 Å². The Labute approximate surface area is 121 Å². The van der Waals surface area contributed by atoms with Gasteiger partial charge in [-0.25, -0.2) is 9.97 Å². The molecule has 0 aromatic carbocycles. The minimum Gasteiger partial charge on any atom is -0.366 e. The van der Waals surface area contributed by atoms with Gasteiger partial charge in [-0.2, -0.15) is 0 Å². The van der Waals surface area contributed by atoms with Gasteiger partial charge in [0.15, 0.2) is 0 Å². The minimum atomic E-state index is -0.187. The van der Waals surface area contributed by atoms with E-state index in [0.29, 0.717) is 0 Å². The third-order valence-corrected chi connectivity index (χ3v) is 3.25. The summed E-state index contributed by atoms with van der Waals surface area (Å²) >= 11 is 0. The highest BCUT2D eigenvalue weighted by atomic mass is 16.5. The molecular formula is C15H26N4O. The first-order chi connectivity index (χ1) is 9.31. The average molecular weight is 278 g/mol. The van der Waals surface area contributed by atoms with E-state index in [2.05, 4.69) is 54.8 Å². The van der Waals surface area contributed by atoms with Crippen LogP contribution in [0.15, 0.2) is 12.4 Å². The van der Waals surface area contributed by atoms with Crippen molar-refractivity contribution in [2.45, 2.75) is 52.4 Å². The van der Waals surface area contributed by atoms with Gasteiger partial charge in [0.1, 0.15) is 0 Å². The highest BCUT2D eigenvalue weighted by Gasteiger charge is 2.38. The van der Waals surface area contributed by atoms with E-state index < -0.39 is 0 Å². The number of morpholine rings is 1. The number of anilines is 1. The smallest absolute Gasteiger partial charge is 0.225 e. The monoisotopic (exact) mass is 278 g/mol. The molecule has 0 radical (unpaired) electrons. The first kappa shape index (κ1) is 15.2. The number of ether oxygens (including phenoxy) is 1. The predicted octanol–water partition coefficient (Wildman–Crippen LogP) is 1.98. The molecule has 0 amide bonds. The first-order valence-electron chi connectivity index (χ1n) is 7.28. The third-order valence-electron chi connectivity index (χ3n) is 3.25. The maximum atomic E-state index is 6.08. The number of nitrogens with one attached hydrogen (secondary N) is 1. The fraction of sp³-hybridized carbons (Fsp3) is 0.733. The molecule has 112 valence electrons. The lowest BCUT2D eigenvalue weighted by atomic mass is 9.99. The Kier molecular flexibility index (Phi) is 4.30. The summed E-state index contributed by atoms with van der Waals surface area (Å²) in [7, 11) is 0. The summed E-state index contributed by atoms with van der Waals surface area (Å²) in [6.07, 6.45) is 3.81. The van der Waals surface area contributed by atoms with E-state index in [9.17, 15) is 0 Å². The number of aromatic nitrogens is 2. The Morgan fingerprint density at radius 3 is 2.20 bits per heavy atom. The molecule has 1 saturated heterocycles. The third kappa shape index (κ3) is 3.90. The van der Waals surface area contributed by atoms with Gasteiger partial charge >= 0.3 is 0 Å². The molecule has 1 fully saturated rings. The van der Waals surface area contributed by atoms with Crippen molar-refractivity contribution >= 4 is 5.95 Å². The zero-order valence-electron chi connectivity index (χ0n) is 13.2. The molecule has 0 atom stereocenters. The predicted molar refractivity (Wildman–Crippen MR) is 80.9 cm³/mol. The van der Waals surface area contributed by atoms with E-state index in [1.165, 1.54) is 0 Å². The summed E-state index contributed by atoms with van der Waals surface area (Å²) in [5.41, 5.74) is 0.739. The first-order valence-corrected chi connectivity index (χ1v) is 7.28. The summed E-state index contributed by atoms with van der Waals surface area (Å²) in [6, 6.07) is 0. The lowest BCUT2D eigenvalue weighted by Gasteiger charge is -2.47. The fourth-order valence-electron chi connectivity index (χ4n) is 2.80. The van der Waals surface area contributed by atoms with Crippen LogP contribution < -0.4 is 10.2 Å². The second-order valence-electron chi connectivity index (χ2n) is 6.65. The molecule has 0 aliphatic carbocycles. The fourth-order valence-corrected chi connectivity index (χ4v) is 2.80. The van der Waals surface area contributed by atoms with Crippen molar-refractivity contribution < 1.29 is 4.74 Å². The molecule has 0 unspecified atom stereocenters. The van der Waals surface area contributed by atoms with E-state index in [1.54, 1.807) is 0 Å². The molecule has 2 heterocycles. The van der Waals surface area contributed by atoms with Gasteiger partial charge in [-0.3, -0.25) is 0 Å². The largest absolute Gasteiger partial charge is 0.366 e. The standard InChI is InChI=1S/C15H26N4O/c1-6-16-7-12-8-17-13(18-9-12)19-10-14(2,3)20-15(4,5)11-19/h8-9,16H,6-7,10-11H2,1-5H3. The van der Waals surface area contributed by atoms with Crippen molar-refractivity contribution in [1.82, 2.24) is 15.3 Å². The molecule has 20 heavy (non-hydrogen) atoms. The van der Waals surface area contributed by atoms with Crippen LogP contribution in [-0.4, -0.2) is 40.8 Å². The Bertz CT molecular complexity index is 426. The van der Waals surface area contributed by atoms with Crippen LogP contribution in [0.1, 0.15) is 40.2 Å². The number of nitrogens with zero attached hydrogens (tertiary/aromatic N) is 3. The van der Waals surface area contributed by atoms with E-state index in [-0.39, 0.29) is 11.2 Å². The van der Waals surface area contributed by atoms with Crippen LogP contribution in [0.4, 0.5) is 5.95 Å². The van der Waals surface area contributed by atoms with E-state index in [0.717, 1.165) is 37.7 Å². The van der Waals surface area contributed by atoms with Crippen molar-refractivity contribution in [2.24, 2.45) is 0 Å². The molecule has 1 aromatic heterocycles. The summed E-state index contributed by atoms with van der Waals surface area (Å²) < 4.78 is 6.08. The van der Waals surface area contributed by atoms with Crippen LogP contribution in [-0.2, 0) is 11.3 Å². The Morgan fingerprint density at radius 1 is 1.15 bits per heavy atom. The van der Waals surface area contributed by atoms with Crippen LogP contribution in [0, 0.1) is 0 Å². The number of rotatable bonds is 4. The van der Waals surface area contributed by atoms with Gasteiger partial charge in [0.2, 0.25) is 5.95 Å². The summed E-state index contributed by atoms with van der Waals surface area (Å²) in [5.74, 6) is 0.787. The summed E-state index contributed by atoms with van der Waals surface area (Å²) in [5, 5.41) is 3.28. The van der Waals surface area contributed by atoms with Gasteiger partial charge in [-0.05, 0) is 34.2 Å². The topological polar surface area (TPSA) is 50.3 Å². The zero-order chi connectivity index (χ0) is 14.8. The van der Waals surface area contributed by atoms with Crippen molar-refractivity contribution in [3.63, 3.8) is 0 Å². The molecule has 1 N–H and O–H groups in total. The minimum absolute atomic E-state index is 0.187. The highest BCUT2D eigenvalue weighted by molar-refractivity contribution is 5.32. The Morgan fingerprint density at radius 2 is 1.70 bits per heavy atom. The summed E-state index contributed by atoms with van der Waals surface area (Å²) in [6.45, 7) is 13.9. The van der Waals surface area contributed by atoms with Gasteiger partial charge < -0.3 is 15.0 Å². The maximum absolute atomic E-state index is 6.08. The van der Waals surface area contributed by atoms with Gasteiger partial charge in [0, 0.05) is 37.6 Å². The molecule has 1 aliphatic rings. The van der Waals surface area contributed by atoms with Gasteiger partial charge in [0.05, 0.1) is 11.2 Å². The van der Waals surface area contributed by atoms with Crippen molar-refractivity contribution in [2.75, 3.05) is 24.5 Å². The molecule has 0 bridgehead atoms. The second kappa shape index (κ2) is 5.66. The van der Waals surface area contributed by atoms with Crippen molar-refractivity contribution in [1.29, 1.82) is 0 Å². The normalized spacial score (nSPS) is 20.9. The van der Waals surface area contributed by atoms with Crippen LogP contribution in [0.3, 0.4) is 0 Å². The molecular weight excluding hydrogens is 252 g/mol. The average Bonchev–Trinajstić information content (AvgIpc) is 2.33. The molecule has 5 heteroatoms. The molecule has 2 rings (SSSR count). The maximum Gasteiger partial charge on any atom is 0.225 e. The molecule has 5 nitrogen and oxygen atoms in total. The quantitative estimate of drug-likeness (QED) is 0.912. The van der Waals surface area contributed by atoms with Crippen LogP contribution in [0.25, 0.3) is 0 Å². The molecule has 1 aromatic rings. The molecule has 0 saturated carbocycles. The SMILES string of the molecule is CCNCc1cnc(N2CC(C)(C)OC(C)(C)C2)nc1. The van der Waals surface area contributed by atoms with Crippen molar-refractivity contribution in [3.05, 3.63) is 18.0 Å². The Hall–Kier alpha value is -1.20. The lowest BCUT2D eigenvalue weighted by Crippen LogP contribution is -2.57. The van der Waals surface area contributed by atoms with Crippen LogP contribution in [0.5, 0.6) is 0 Å². The second-order valence-corrected chi connectivity index (χ2v) is 6.65. The lowest BCUT2D eigenvalue weighted by molar-refractivity contribution is -0.133.